The first-order valence-electron chi connectivity index (χ1n) is 6.42. The van der Waals surface area contributed by atoms with Crippen molar-refractivity contribution in [2.75, 3.05) is 13.1 Å². The molecule has 2 aromatic rings. The third-order valence-corrected chi connectivity index (χ3v) is 4.40. The number of aromatic nitrogens is 2. The van der Waals surface area contributed by atoms with E-state index in [1.54, 1.807) is 11.3 Å². The van der Waals surface area contributed by atoms with Gasteiger partial charge in [-0.2, -0.15) is 0 Å². The standard InChI is InChI=1S/C14H17N3S/c1-2-13(14-16-7-9-18-14)11-17(8-1)10-12-3-5-15-6-4-12/h3-7,9,13H,1-2,8,10-11H2. The predicted molar refractivity (Wildman–Crippen MR) is 73.6 cm³/mol. The Hall–Kier alpha value is -1.26. The first kappa shape index (κ1) is 11.8. The first-order valence-corrected chi connectivity index (χ1v) is 7.30. The molecule has 1 unspecified atom stereocenters. The van der Waals surface area contributed by atoms with Crippen LogP contribution in [0.4, 0.5) is 0 Å². The van der Waals surface area contributed by atoms with Gasteiger partial charge < -0.3 is 0 Å². The summed E-state index contributed by atoms with van der Waals surface area (Å²) in [6, 6.07) is 4.21. The highest BCUT2D eigenvalue weighted by atomic mass is 32.1. The number of likely N-dealkylation sites (tertiary alicyclic amines) is 1. The second-order valence-corrected chi connectivity index (χ2v) is 5.73. The van der Waals surface area contributed by atoms with Crippen LogP contribution in [-0.4, -0.2) is 28.0 Å². The van der Waals surface area contributed by atoms with Gasteiger partial charge in [-0.05, 0) is 37.1 Å². The van der Waals surface area contributed by atoms with Gasteiger partial charge in [-0.1, -0.05) is 0 Å². The molecule has 94 valence electrons. The predicted octanol–water partition coefficient (Wildman–Crippen LogP) is 2.92. The Balaban J connectivity index is 1.64. The summed E-state index contributed by atoms with van der Waals surface area (Å²) in [6.07, 6.45) is 8.21. The average molecular weight is 259 g/mol. The minimum atomic E-state index is 0.626. The van der Waals surface area contributed by atoms with E-state index in [-0.39, 0.29) is 0 Å². The lowest BCUT2D eigenvalue weighted by atomic mass is 9.98. The smallest absolute Gasteiger partial charge is 0.0968 e. The lowest BCUT2D eigenvalue weighted by Gasteiger charge is -2.31. The van der Waals surface area contributed by atoms with Gasteiger partial charge in [-0.3, -0.25) is 9.88 Å². The van der Waals surface area contributed by atoms with Crippen LogP contribution in [0.25, 0.3) is 0 Å². The van der Waals surface area contributed by atoms with Crippen molar-refractivity contribution < 1.29 is 0 Å². The molecule has 2 aromatic heterocycles. The molecule has 0 saturated carbocycles. The lowest BCUT2D eigenvalue weighted by Crippen LogP contribution is -2.33. The van der Waals surface area contributed by atoms with Gasteiger partial charge in [0.25, 0.3) is 0 Å². The van der Waals surface area contributed by atoms with Gasteiger partial charge in [0.05, 0.1) is 5.01 Å². The molecule has 0 aliphatic carbocycles. The quantitative estimate of drug-likeness (QED) is 0.848. The minimum absolute atomic E-state index is 0.626. The lowest BCUT2D eigenvalue weighted by molar-refractivity contribution is 0.200. The summed E-state index contributed by atoms with van der Waals surface area (Å²) in [5.74, 6) is 0.626. The Morgan fingerprint density at radius 3 is 2.94 bits per heavy atom. The van der Waals surface area contributed by atoms with Crippen molar-refractivity contribution in [3.8, 4) is 0 Å². The fourth-order valence-corrected chi connectivity index (χ4v) is 3.35. The van der Waals surface area contributed by atoms with Gasteiger partial charge in [-0.25, -0.2) is 4.98 Å². The van der Waals surface area contributed by atoms with Crippen LogP contribution in [0.5, 0.6) is 0 Å². The molecule has 0 amide bonds. The first-order chi connectivity index (χ1) is 8.92. The van der Waals surface area contributed by atoms with Crippen LogP contribution in [0, 0.1) is 0 Å². The summed E-state index contributed by atoms with van der Waals surface area (Å²) >= 11 is 1.79. The van der Waals surface area contributed by atoms with Crippen molar-refractivity contribution in [3.05, 3.63) is 46.7 Å². The maximum Gasteiger partial charge on any atom is 0.0968 e. The molecule has 4 heteroatoms. The molecular formula is C14H17N3S. The minimum Gasteiger partial charge on any atom is -0.298 e. The van der Waals surface area contributed by atoms with Gasteiger partial charge in [-0.15, -0.1) is 11.3 Å². The van der Waals surface area contributed by atoms with Crippen LogP contribution in [0.3, 0.4) is 0 Å². The molecule has 18 heavy (non-hydrogen) atoms. The maximum absolute atomic E-state index is 4.46. The second-order valence-electron chi connectivity index (χ2n) is 4.80. The van der Waals surface area contributed by atoms with Crippen LogP contribution in [0.2, 0.25) is 0 Å². The molecule has 3 heterocycles. The van der Waals surface area contributed by atoms with E-state index in [4.69, 9.17) is 0 Å². The van der Waals surface area contributed by atoms with E-state index in [0.717, 1.165) is 13.1 Å². The van der Waals surface area contributed by atoms with Crippen LogP contribution in [0.15, 0.2) is 36.1 Å². The van der Waals surface area contributed by atoms with Crippen molar-refractivity contribution in [1.82, 2.24) is 14.9 Å². The third kappa shape index (κ3) is 2.76. The molecule has 0 spiro atoms. The number of rotatable bonds is 3. The van der Waals surface area contributed by atoms with Gasteiger partial charge in [0.15, 0.2) is 0 Å². The molecule has 1 aliphatic heterocycles. The maximum atomic E-state index is 4.46. The zero-order chi connectivity index (χ0) is 12.2. The summed E-state index contributed by atoms with van der Waals surface area (Å²) in [5.41, 5.74) is 1.35. The normalized spacial score (nSPS) is 21.0. The highest BCUT2D eigenvalue weighted by molar-refractivity contribution is 7.09. The second kappa shape index (κ2) is 5.59. The largest absolute Gasteiger partial charge is 0.298 e. The fraction of sp³-hybridized carbons (Fsp3) is 0.429. The van der Waals surface area contributed by atoms with E-state index in [9.17, 15) is 0 Å². The zero-order valence-electron chi connectivity index (χ0n) is 10.3. The molecule has 1 atom stereocenters. The molecule has 0 aromatic carbocycles. The number of nitrogens with zero attached hydrogens (tertiary/aromatic N) is 3. The average Bonchev–Trinajstić information content (AvgIpc) is 2.94. The number of hydrogen-bond donors (Lipinski definition) is 0. The molecule has 0 N–H and O–H groups in total. The van der Waals surface area contributed by atoms with Crippen LogP contribution in [0.1, 0.15) is 29.3 Å². The molecule has 3 nitrogen and oxygen atoms in total. The summed E-state index contributed by atoms with van der Waals surface area (Å²) < 4.78 is 0. The molecule has 1 saturated heterocycles. The Kier molecular flexibility index (Phi) is 3.67. The number of hydrogen-bond acceptors (Lipinski definition) is 4. The molecular weight excluding hydrogens is 242 g/mol. The van der Waals surface area contributed by atoms with Crippen LogP contribution >= 0.6 is 11.3 Å². The van der Waals surface area contributed by atoms with Gasteiger partial charge in [0, 0.05) is 43.0 Å². The summed E-state index contributed by atoms with van der Waals surface area (Å²) in [4.78, 5) is 11.1. The van der Waals surface area contributed by atoms with E-state index in [1.807, 2.05) is 18.6 Å². The van der Waals surface area contributed by atoms with E-state index in [0.29, 0.717) is 5.92 Å². The third-order valence-electron chi connectivity index (χ3n) is 3.46. The molecule has 1 fully saturated rings. The topological polar surface area (TPSA) is 29.0 Å². The van der Waals surface area contributed by atoms with Crippen molar-refractivity contribution in [3.63, 3.8) is 0 Å². The summed E-state index contributed by atoms with van der Waals surface area (Å²) in [7, 11) is 0. The molecule has 0 bridgehead atoms. The zero-order valence-corrected chi connectivity index (χ0v) is 11.1. The van der Waals surface area contributed by atoms with Crippen molar-refractivity contribution >= 4 is 11.3 Å². The number of pyridine rings is 1. The van der Waals surface area contributed by atoms with Crippen LogP contribution in [-0.2, 0) is 6.54 Å². The summed E-state index contributed by atoms with van der Waals surface area (Å²) in [6.45, 7) is 3.37. The van der Waals surface area contributed by atoms with Gasteiger partial charge in [0.2, 0.25) is 0 Å². The Morgan fingerprint density at radius 1 is 1.28 bits per heavy atom. The molecule has 1 aliphatic rings. The van der Waals surface area contributed by atoms with E-state index in [2.05, 4.69) is 32.4 Å². The molecule has 0 radical (unpaired) electrons. The van der Waals surface area contributed by atoms with Crippen LogP contribution < -0.4 is 0 Å². The highest BCUT2D eigenvalue weighted by Crippen LogP contribution is 2.28. The van der Waals surface area contributed by atoms with E-state index in [1.165, 1.54) is 30.0 Å². The Labute approximate surface area is 112 Å². The Morgan fingerprint density at radius 2 is 2.17 bits per heavy atom. The molecule has 3 rings (SSSR count). The number of piperidine rings is 1. The monoisotopic (exact) mass is 259 g/mol. The fourth-order valence-electron chi connectivity index (χ4n) is 2.58. The van der Waals surface area contributed by atoms with E-state index >= 15 is 0 Å². The van der Waals surface area contributed by atoms with Crippen molar-refractivity contribution in [2.45, 2.75) is 25.3 Å². The Bertz CT molecular complexity index is 469. The number of thiazole rings is 1. The van der Waals surface area contributed by atoms with E-state index < -0.39 is 0 Å². The van der Waals surface area contributed by atoms with Crippen molar-refractivity contribution in [2.24, 2.45) is 0 Å². The van der Waals surface area contributed by atoms with Gasteiger partial charge in [0.1, 0.15) is 0 Å². The highest BCUT2D eigenvalue weighted by Gasteiger charge is 2.22. The summed E-state index contributed by atoms with van der Waals surface area (Å²) in [5, 5.41) is 3.38. The van der Waals surface area contributed by atoms with Crippen molar-refractivity contribution in [1.29, 1.82) is 0 Å². The van der Waals surface area contributed by atoms with Gasteiger partial charge >= 0.3 is 0 Å². The SMILES string of the molecule is c1cc(CN2CCCC(c3nccs3)C2)ccn1.